The Morgan fingerprint density at radius 3 is 2.48 bits per heavy atom. The number of amides is 1. The van der Waals surface area contributed by atoms with Crippen molar-refractivity contribution in [2.45, 2.75) is 39.3 Å². The highest BCUT2D eigenvalue weighted by Gasteiger charge is 2.27. The van der Waals surface area contributed by atoms with Crippen molar-refractivity contribution in [1.29, 1.82) is 0 Å². The minimum atomic E-state index is -0.692. The predicted octanol–water partition coefficient (Wildman–Crippen LogP) is 4.67. The van der Waals surface area contributed by atoms with Gasteiger partial charge in [-0.1, -0.05) is 37.2 Å². The molecule has 0 saturated heterocycles. The van der Waals surface area contributed by atoms with E-state index in [1.165, 1.54) is 29.2 Å². The van der Waals surface area contributed by atoms with Crippen molar-refractivity contribution in [3.05, 3.63) is 71.0 Å². The van der Waals surface area contributed by atoms with Crippen molar-refractivity contribution >= 4 is 11.6 Å². The maximum Gasteiger partial charge on any atom is 0.223 e. The Balaban J connectivity index is 1.70. The van der Waals surface area contributed by atoms with Crippen LogP contribution in [0.5, 0.6) is 0 Å². The maximum atomic E-state index is 14.1. The molecule has 2 aromatic carbocycles. The molecule has 0 saturated carbocycles. The standard InChI is InChI=1S/C22H23F3N2O2/c1-14(2)9-22(28)27(12-16-5-8-18(24)10-20(16)25)13-19-11-21(26-29-19)15-3-6-17(23)7-4-15/h3-8,10,14,19H,9,11-13H2,1-2H3/t19-/m0/s1. The SMILES string of the molecule is CC(C)CC(=O)N(Cc1ccc(F)cc1F)C[C@@H]1CC(c2ccc(F)cc2)=NO1. The molecule has 1 aliphatic rings. The van der Waals surface area contributed by atoms with Gasteiger partial charge in [-0.15, -0.1) is 0 Å². The van der Waals surface area contributed by atoms with E-state index >= 15 is 0 Å². The first-order chi connectivity index (χ1) is 13.8. The Kier molecular flexibility index (Phi) is 6.56. The van der Waals surface area contributed by atoms with E-state index in [1.807, 2.05) is 13.8 Å². The van der Waals surface area contributed by atoms with Gasteiger partial charge in [0.05, 0.1) is 12.3 Å². The fraction of sp³-hybridized carbons (Fsp3) is 0.364. The molecule has 0 N–H and O–H groups in total. The zero-order valence-corrected chi connectivity index (χ0v) is 16.4. The van der Waals surface area contributed by atoms with Crippen LogP contribution < -0.4 is 0 Å². The Morgan fingerprint density at radius 1 is 1.14 bits per heavy atom. The van der Waals surface area contributed by atoms with Gasteiger partial charge in [0.1, 0.15) is 17.5 Å². The Morgan fingerprint density at radius 2 is 1.83 bits per heavy atom. The second-order valence-electron chi connectivity index (χ2n) is 7.58. The third-order valence-corrected chi connectivity index (χ3v) is 4.65. The Bertz CT molecular complexity index is 897. The summed E-state index contributed by atoms with van der Waals surface area (Å²) < 4.78 is 40.4. The molecule has 29 heavy (non-hydrogen) atoms. The lowest BCUT2D eigenvalue weighted by Gasteiger charge is -2.26. The normalized spacial score (nSPS) is 15.9. The van der Waals surface area contributed by atoms with E-state index < -0.39 is 17.7 Å². The summed E-state index contributed by atoms with van der Waals surface area (Å²) in [5, 5.41) is 4.06. The topological polar surface area (TPSA) is 41.9 Å². The molecule has 0 unspecified atom stereocenters. The third-order valence-electron chi connectivity index (χ3n) is 4.65. The lowest BCUT2D eigenvalue weighted by Crippen LogP contribution is -2.38. The van der Waals surface area contributed by atoms with E-state index in [0.29, 0.717) is 18.6 Å². The van der Waals surface area contributed by atoms with Crippen LogP contribution in [0.4, 0.5) is 13.2 Å². The first kappa shape index (κ1) is 20.9. The first-order valence-electron chi connectivity index (χ1n) is 9.52. The minimum Gasteiger partial charge on any atom is -0.390 e. The van der Waals surface area contributed by atoms with Crippen LogP contribution in [0.2, 0.25) is 0 Å². The predicted molar refractivity (Wildman–Crippen MR) is 104 cm³/mol. The zero-order valence-electron chi connectivity index (χ0n) is 16.4. The van der Waals surface area contributed by atoms with Gasteiger partial charge in [-0.3, -0.25) is 4.79 Å². The number of hydrogen-bond donors (Lipinski definition) is 0. The minimum absolute atomic E-state index is 0.0173. The summed E-state index contributed by atoms with van der Waals surface area (Å²) in [7, 11) is 0. The van der Waals surface area contributed by atoms with Gasteiger partial charge in [0.15, 0.2) is 6.10 Å². The molecular formula is C22H23F3N2O2. The molecule has 1 aliphatic heterocycles. The van der Waals surface area contributed by atoms with Crippen LogP contribution in [0.15, 0.2) is 47.6 Å². The molecule has 1 atom stereocenters. The zero-order chi connectivity index (χ0) is 21.0. The second-order valence-corrected chi connectivity index (χ2v) is 7.58. The highest BCUT2D eigenvalue weighted by molar-refractivity contribution is 6.01. The van der Waals surface area contributed by atoms with E-state index in [4.69, 9.17) is 4.84 Å². The average Bonchev–Trinajstić information content (AvgIpc) is 3.12. The van der Waals surface area contributed by atoms with Crippen LogP contribution in [-0.4, -0.2) is 29.2 Å². The van der Waals surface area contributed by atoms with E-state index in [2.05, 4.69) is 5.16 Å². The largest absolute Gasteiger partial charge is 0.390 e. The Labute approximate surface area is 168 Å². The number of carbonyl (C=O) groups excluding carboxylic acids is 1. The van der Waals surface area contributed by atoms with Crippen LogP contribution in [0, 0.1) is 23.4 Å². The van der Waals surface area contributed by atoms with Crippen LogP contribution in [-0.2, 0) is 16.2 Å². The maximum absolute atomic E-state index is 14.1. The highest BCUT2D eigenvalue weighted by atomic mass is 19.1. The first-order valence-corrected chi connectivity index (χ1v) is 9.52. The molecule has 0 radical (unpaired) electrons. The van der Waals surface area contributed by atoms with Gasteiger partial charge < -0.3 is 9.74 Å². The van der Waals surface area contributed by atoms with Gasteiger partial charge in [-0.05, 0) is 29.7 Å². The molecular weight excluding hydrogens is 381 g/mol. The van der Waals surface area contributed by atoms with E-state index in [-0.39, 0.29) is 36.3 Å². The molecule has 0 aliphatic carbocycles. The van der Waals surface area contributed by atoms with Crippen molar-refractivity contribution in [1.82, 2.24) is 4.90 Å². The van der Waals surface area contributed by atoms with Gasteiger partial charge in [0.2, 0.25) is 5.91 Å². The van der Waals surface area contributed by atoms with Crippen LogP contribution in [0.25, 0.3) is 0 Å². The van der Waals surface area contributed by atoms with Crippen molar-refractivity contribution in [3.63, 3.8) is 0 Å². The summed E-state index contributed by atoms with van der Waals surface area (Å²) in [5.41, 5.74) is 1.65. The molecule has 2 aromatic rings. The van der Waals surface area contributed by atoms with Crippen molar-refractivity contribution in [2.75, 3.05) is 6.54 Å². The number of carbonyl (C=O) groups is 1. The van der Waals surface area contributed by atoms with Crippen LogP contribution >= 0.6 is 0 Å². The monoisotopic (exact) mass is 404 g/mol. The molecule has 154 valence electrons. The fourth-order valence-electron chi connectivity index (χ4n) is 3.17. The summed E-state index contributed by atoms with van der Waals surface area (Å²) in [6.07, 6.45) is 0.360. The highest BCUT2D eigenvalue weighted by Crippen LogP contribution is 2.21. The number of nitrogens with zero attached hydrogens (tertiary/aromatic N) is 2. The molecule has 0 aromatic heterocycles. The second kappa shape index (κ2) is 9.11. The molecule has 0 spiro atoms. The summed E-state index contributed by atoms with van der Waals surface area (Å²) in [6.45, 7) is 4.09. The fourth-order valence-corrected chi connectivity index (χ4v) is 3.17. The molecule has 0 fully saturated rings. The van der Waals surface area contributed by atoms with Gasteiger partial charge >= 0.3 is 0 Å². The van der Waals surface area contributed by atoms with E-state index in [1.54, 1.807) is 12.1 Å². The molecule has 0 bridgehead atoms. The number of rotatable bonds is 7. The summed E-state index contributed by atoms with van der Waals surface area (Å²) in [6, 6.07) is 9.26. The summed E-state index contributed by atoms with van der Waals surface area (Å²) >= 11 is 0. The summed E-state index contributed by atoms with van der Waals surface area (Å²) in [5.74, 6) is -1.69. The molecule has 4 nitrogen and oxygen atoms in total. The quantitative estimate of drug-likeness (QED) is 0.673. The number of hydrogen-bond acceptors (Lipinski definition) is 3. The Hall–Kier alpha value is -2.83. The molecule has 1 heterocycles. The van der Waals surface area contributed by atoms with Gasteiger partial charge in [-0.25, -0.2) is 13.2 Å². The van der Waals surface area contributed by atoms with Crippen molar-refractivity contribution in [3.8, 4) is 0 Å². The lowest BCUT2D eigenvalue weighted by atomic mass is 10.0. The number of benzene rings is 2. The van der Waals surface area contributed by atoms with Gasteiger partial charge in [0, 0.05) is 31.0 Å². The smallest absolute Gasteiger partial charge is 0.223 e. The third kappa shape index (κ3) is 5.59. The lowest BCUT2D eigenvalue weighted by molar-refractivity contribution is -0.134. The molecule has 3 rings (SSSR count). The average molecular weight is 404 g/mol. The number of halogens is 3. The van der Waals surface area contributed by atoms with E-state index in [9.17, 15) is 18.0 Å². The number of oxime groups is 1. The van der Waals surface area contributed by atoms with Gasteiger partial charge in [0.25, 0.3) is 0 Å². The molecule has 7 heteroatoms. The van der Waals surface area contributed by atoms with E-state index in [0.717, 1.165) is 11.6 Å². The van der Waals surface area contributed by atoms with Crippen LogP contribution in [0.3, 0.4) is 0 Å². The van der Waals surface area contributed by atoms with Crippen molar-refractivity contribution < 1.29 is 22.8 Å². The van der Waals surface area contributed by atoms with Gasteiger partial charge in [-0.2, -0.15) is 0 Å². The van der Waals surface area contributed by atoms with Crippen LogP contribution in [0.1, 0.15) is 37.8 Å². The summed E-state index contributed by atoms with van der Waals surface area (Å²) in [4.78, 5) is 19.7. The molecule has 1 amide bonds. The van der Waals surface area contributed by atoms with Crippen molar-refractivity contribution in [2.24, 2.45) is 11.1 Å².